The van der Waals surface area contributed by atoms with Gasteiger partial charge in [0.15, 0.2) is 5.13 Å². The van der Waals surface area contributed by atoms with E-state index in [2.05, 4.69) is 44.9 Å². The zero-order chi connectivity index (χ0) is 17.8. The molecule has 0 unspecified atom stereocenters. The molecule has 0 atom stereocenters. The van der Waals surface area contributed by atoms with Crippen LogP contribution in [-0.2, 0) is 30.8 Å². The molecule has 25 heavy (non-hydrogen) atoms. The number of carbonyl (C=O) groups excluding carboxylic acids is 1. The first-order valence-corrected chi connectivity index (χ1v) is 9.62. The topological polar surface area (TPSA) is 89.1 Å². The normalized spacial score (nSPS) is 14.7. The summed E-state index contributed by atoms with van der Waals surface area (Å²) in [5.74, 6) is 0.681. The van der Waals surface area contributed by atoms with Crippen molar-refractivity contribution in [3.8, 4) is 0 Å². The number of anilines is 1. The number of aryl methyl sites for hydroxylation is 1. The highest BCUT2D eigenvalue weighted by Crippen LogP contribution is 2.15. The summed E-state index contributed by atoms with van der Waals surface area (Å²) in [4.78, 5) is 18.6. The van der Waals surface area contributed by atoms with E-state index in [1.165, 1.54) is 17.0 Å². The van der Waals surface area contributed by atoms with Crippen molar-refractivity contribution in [1.82, 2.24) is 25.0 Å². The number of fused-ring (bicyclic) bond motifs is 1. The van der Waals surface area contributed by atoms with Crippen LogP contribution in [0.3, 0.4) is 0 Å². The first-order chi connectivity index (χ1) is 12.0. The van der Waals surface area contributed by atoms with Crippen LogP contribution in [0.5, 0.6) is 0 Å². The van der Waals surface area contributed by atoms with E-state index >= 15 is 0 Å². The second-order valence-electron chi connectivity index (χ2n) is 6.93. The number of nitrogens with one attached hydrogen (secondary N) is 1. The second-order valence-corrected chi connectivity index (χ2v) is 7.82. The Kier molecular flexibility index (Phi) is 5.70. The predicted molar refractivity (Wildman–Crippen MR) is 99.0 cm³/mol. The predicted octanol–water partition coefficient (Wildman–Crippen LogP) is 1.64. The number of nitrogen functional groups attached to an aromatic ring is 1. The molecule has 3 rings (SSSR count). The Labute approximate surface area is 152 Å². The van der Waals surface area contributed by atoms with E-state index < -0.39 is 0 Å². The second kappa shape index (κ2) is 7.97. The summed E-state index contributed by atoms with van der Waals surface area (Å²) in [6.07, 6.45) is 1.03. The zero-order valence-corrected chi connectivity index (χ0v) is 15.7. The molecule has 0 aliphatic carbocycles. The Morgan fingerprint density at radius 2 is 2.24 bits per heavy atom. The Morgan fingerprint density at radius 3 is 2.96 bits per heavy atom. The monoisotopic (exact) mass is 362 g/mol. The standard InChI is InChI=1S/C17H26N6OS/c1-12(2)9-22-5-6-23-15(10-22)7-14(21-23)8-19-16(24)4-3-13-11-25-17(18)20-13/h7,11-12H,3-6,8-10H2,1-2H3,(H2,18,20)(H,19,24). The zero-order valence-electron chi connectivity index (χ0n) is 14.9. The summed E-state index contributed by atoms with van der Waals surface area (Å²) in [5.41, 5.74) is 8.63. The molecule has 0 spiro atoms. The summed E-state index contributed by atoms with van der Waals surface area (Å²) in [7, 11) is 0. The van der Waals surface area contributed by atoms with Crippen LogP contribution in [0.1, 0.15) is 37.4 Å². The third-order valence-electron chi connectivity index (χ3n) is 4.20. The Bertz CT molecular complexity index is 723. The number of nitrogens with two attached hydrogens (primary N) is 1. The van der Waals surface area contributed by atoms with Gasteiger partial charge in [-0.25, -0.2) is 4.98 Å². The number of amides is 1. The highest BCUT2D eigenvalue weighted by atomic mass is 32.1. The maximum atomic E-state index is 12.0. The van der Waals surface area contributed by atoms with Gasteiger partial charge in [-0.3, -0.25) is 14.4 Å². The molecule has 136 valence electrons. The first-order valence-electron chi connectivity index (χ1n) is 8.74. The molecule has 2 aromatic heterocycles. The highest BCUT2D eigenvalue weighted by molar-refractivity contribution is 7.13. The summed E-state index contributed by atoms with van der Waals surface area (Å²) in [6, 6.07) is 2.11. The fraction of sp³-hybridized carbons (Fsp3) is 0.588. The van der Waals surface area contributed by atoms with Gasteiger partial charge in [-0.2, -0.15) is 5.10 Å². The fourth-order valence-electron chi connectivity index (χ4n) is 3.10. The maximum Gasteiger partial charge on any atom is 0.220 e. The molecule has 1 aliphatic rings. The van der Waals surface area contributed by atoms with Gasteiger partial charge in [-0.05, 0) is 18.4 Å². The number of thiazole rings is 1. The van der Waals surface area contributed by atoms with Crippen molar-refractivity contribution >= 4 is 22.4 Å². The minimum Gasteiger partial charge on any atom is -0.375 e. The highest BCUT2D eigenvalue weighted by Gasteiger charge is 2.19. The third kappa shape index (κ3) is 5.02. The molecule has 3 N–H and O–H groups in total. The van der Waals surface area contributed by atoms with Crippen molar-refractivity contribution in [3.63, 3.8) is 0 Å². The summed E-state index contributed by atoms with van der Waals surface area (Å²) < 4.78 is 2.07. The molecular weight excluding hydrogens is 336 g/mol. The minimum absolute atomic E-state index is 0.0129. The van der Waals surface area contributed by atoms with Gasteiger partial charge < -0.3 is 11.1 Å². The third-order valence-corrected chi connectivity index (χ3v) is 4.92. The van der Waals surface area contributed by atoms with Crippen LogP contribution in [0.15, 0.2) is 11.4 Å². The van der Waals surface area contributed by atoms with Gasteiger partial charge in [-0.15, -0.1) is 11.3 Å². The van der Waals surface area contributed by atoms with Gasteiger partial charge in [0.1, 0.15) is 0 Å². The van der Waals surface area contributed by atoms with E-state index in [1.54, 1.807) is 0 Å². The molecule has 0 aromatic carbocycles. The molecule has 7 nitrogen and oxygen atoms in total. The van der Waals surface area contributed by atoms with Crippen LogP contribution in [0.4, 0.5) is 5.13 Å². The van der Waals surface area contributed by atoms with E-state index in [9.17, 15) is 4.79 Å². The van der Waals surface area contributed by atoms with Crippen LogP contribution in [0.2, 0.25) is 0 Å². The lowest BCUT2D eigenvalue weighted by Crippen LogP contribution is -2.36. The van der Waals surface area contributed by atoms with Gasteiger partial charge >= 0.3 is 0 Å². The number of carbonyl (C=O) groups is 1. The SMILES string of the molecule is CC(C)CN1CCn2nc(CNC(=O)CCc3csc(N)n3)cc2C1. The largest absolute Gasteiger partial charge is 0.375 e. The van der Waals surface area contributed by atoms with Crippen LogP contribution >= 0.6 is 11.3 Å². The molecule has 2 aromatic rings. The number of nitrogens with zero attached hydrogens (tertiary/aromatic N) is 4. The molecular formula is C17H26N6OS. The van der Waals surface area contributed by atoms with E-state index in [-0.39, 0.29) is 5.91 Å². The van der Waals surface area contributed by atoms with Gasteiger partial charge in [-0.1, -0.05) is 13.8 Å². The van der Waals surface area contributed by atoms with Crippen molar-refractivity contribution in [2.45, 2.75) is 46.3 Å². The number of hydrogen-bond acceptors (Lipinski definition) is 6. The molecule has 0 radical (unpaired) electrons. The molecule has 0 saturated carbocycles. The van der Waals surface area contributed by atoms with Gasteiger partial charge in [0, 0.05) is 31.4 Å². The van der Waals surface area contributed by atoms with E-state index in [4.69, 9.17) is 5.73 Å². The summed E-state index contributed by atoms with van der Waals surface area (Å²) in [6.45, 7) is 8.96. The van der Waals surface area contributed by atoms with E-state index in [0.29, 0.717) is 30.4 Å². The Morgan fingerprint density at radius 1 is 1.40 bits per heavy atom. The van der Waals surface area contributed by atoms with E-state index in [1.807, 2.05) is 5.38 Å². The van der Waals surface area contributed by atoms with E-state index in [0.717, 1.165) is 37.6 Å². The molecule has 3 heterocycles. The lowest BCUT2D eigenvalue weighted by atomic mass is 10.2. The van der Waals surface area contributed by atoms with Gasteiger partial charge in [0.05, 0.1) is 30.2 Å². The van der Waals surface area contributed by atoms with Gasteiger partial charge in [0.25, 0.3) is 0 Å². The Balaban J connectivity index is 1.46. The average molecular weight is 363 g/mol. The lowest BCUT2D eigenvalue weighted by Gasteiger charge is -2.28. The van der Waals surface area contributed by atoms with Crippen molar-refractivity contribution in [2.75, 3.05) is 18.8 Å². The number of rotatable bonds is 7. The summed E-state index contributed by atoms with van der Waals surface area (Å²) in [5, 5.41) is 10.00. The maximum absolute atomic E-state index is 12.0. The molecule has 0 bridgehead atoms. The summed E-state index contributed by atoms with van der Waals surface area (Å²) >= 11 is 1.40. The number of aromatic nitrogens is 3. The smallest absolute Gasteiger partial charge is 0.220 e. The molecule has 1 amide bonds. The van der Waals surface area contributed by atoms with Crippen LogP contribution in [-0.4, -0.2) is 38.7 Å². The van der Waals surface area contributed by atoms with Crippen molar-refractivity contribution in [3.05, 3.63) is 28.5 Å². The average Bonchev–Trinajstić information content (AvgIpc) is 3.15. The Hall–Kier alpha value is -1.93. The van der Waals surface area contributed by atoms with Crippen molar-refractivity contribution in [2.24, 2.45) is 5.92 Å². The first kappa shape index (κ1) is 17.9. The lowest BCUT2D eigenvalue weighted by molar-refractivity contribution is -0.121. The van der Waals surface area contributed by atoms with Crippen LogP contribution in [0.25, 0.3) is 0 Å². The quantitative estimate of drug-likeness (QED) is 0.782. The van der Waals surface area contributed by atoms with Crippen molar-refractivity contribution < 1.29 is 4.79 Å². The van der Waals surface area contributed by atoms with Crippen LogP contribution < -0.4 is 11.1 Å². The number of hydrogen-bond donors (Lipinski definition) is 2. The van der Waals surface area contributed by atoms with Gasteiger partial charge in [0.2, 0.25) is 5.91 Å². The molecule has 0 fully saturated rings. The van der Waals surface area contributed by atoms with Crippen LogP contribution in [0, 0.1) is 5.92 Å². The minimum atomic E-state index is 0.0129. The fourth-order valence-corrected chi connectivity index (χ4v) is 3.69. The molecule has 1 aliphatic heterocycles. The molecule has 8 heteroatoms. The molecule has 0 saturated heterocycles. The van der Waals surface area contributed by atoms with Crippen molar-refractivity contribution in [1.29, 1.82) is 0 Å².